The summed E-state index contributed by atoms with van der Waals surface area (Å²) in [7, 11) is -3.67. The highest BCUT2D eigenvalue weighted by Crippen LogP contribution is 2.20. The van der Waals surface area contributed by atoms with Crippen LogP contribution in [0.25, 0.3) is 0 Å². The van der Waals surface area contributed by atoms with Crippen LogP contribution in [0.15, 0.2) is 41.3 Å². The quantitative estimate of drug-likeness (QED) is 0.579. The maximum Gasteiger partial charge on any atom is 0.251 e. The van der Waals surface area contributed by atoms with Crippen LogP contribution in [0, 0.1) is 13.8 Å². The van der Waals surface area contributed by atoms with Crippen molar-refractivity contribution in [3.63, 3.8) is 0 Å². The number of aryl methyl sites for hydroxylation is 2. The number of nitrogens with one attached hydrogen (secondary N) is 2. The van der Waals surface area contributed by atoms with Gasteiger partial charge in [0.05, 0.1) is 4.90 Å². The number of amides is 1. The second-order valence-corrected chi connectivity index (χ2v) is 7.40. The number of phenols is 2. The number of benzene rings is 2. The number of carbonyl (C=O) groups excluding carboxylic acids is 1. The first-order valence-electron chi connectivity index (χ1n) is 7.57. The molecule has 0 saturated carbocycles. The van der Waals surface area contributed by atoms with Crippen LogP contribution >= 0.6 is 0 Å². The van der Waals surface area contributed by atoms with Crippen molar-refractivity contribution in [1.82, 2.24) is 10.0 Å². The van der Waals surface area contributed by atoms with Crippen LogP contribution in [0.5, 0.6) is 11.5 Å². The van der Waals surface area contributed by atoms with Crippen molar-refractivity contribution >= 4 is 15.9 Å². The van der Waals surface area contributed by atoms with Crippen LogP contribution in [0.1, 0.15) is 21.5 Å². The molecule has 0 fully saturated rings. The van der Waals surface area contributed by atoms with Gasteiger partial charge in [0.1, 0.15) is 11.5 Å². The fourth-order valence-corrected chi connectivity index (χ4v) is 3.62. The molecular weight excluding hydrogens is 344 g/mol. The zero-order valence-electron chi connectivity index (χ0n) is 13.9. The molecule has 0 aliphatic heterocycles. The Kier molecular flexibility index (Phi) is 5.66. The van der Waals surface area contributed by atoms with E-state index in [1.54, 1.807) is 19.1 Å². The maximum atomic E-state index is 12.3. The summed E-state index contributed by atoms with van der Waals surface area (Å²) in [6, 6.07) is 8.67. The van der Waals surface area contributed by atoms with Gasteiger partial charge in [-0.2, -0.15) is 0 Å². The first-order valence-corrected chi connectivity index (χ1v) is 9.05. The summed E-state index contributed by atoms with van der Waals surface area (Å²) in [5.74, 6) is -1.00. The van der Waals surface area contributed by atoms with E-state index < -0.39 is 15.9 Å². The highest BCUT2D eigenvalue weighted by atomic mass is 32.2. The minimum Gasteiger partial charge on any atom is -0.508 e. The van der Waals surface area contributed by atoms with E-state index in [0.29, 0.717) is 5.56 Å². The predicted octanol–water partition coefficient (Wildman–Crippen LogP) is 1.42. The van der Waals surface area contributed by atoms with Crippen molar-refractivity contribution in [2.75, 3.05) is 13.1 Å². The van der Waals surface area contributed by atoms with Gasteiger partial charge in [-0.3, -0.25) is 4.79 Å². The summed E-state index contributed by atoms with van der Waals surface area (Å²) in [6.07, 6.45) is 0. The van der Waals surface area contributed by atoms with Crippen LogP contribution in [0.2, 0.25) is 0 Å². The molecule has 0 aliphatic rings. The van der Waals surface area contributed by atoms with E-state index in [2.05, 4.69) is 10.0 Å². The largest absolute Gasteiger partial charge is 0.508 e. The topological polar surface area (TPSA) is 116 Å². The summed E-state index contributed by atoms with van der Waals surface area (Å²) in [5, 5.41) is 21.2. The molecule has 0 unspecified atom stereocenters. The Morgan fingerprint density at radius 1 is 1.00 bits per heavy atom. The average Bonchev–Trinajstić information content (AvgIpc) is 2.52. The molecule has 0 heterocycles. The fraction of sp³-hybridized carbons (Fsp3) is 0.235. The van der Waals surface area contributed by atoms with Gasteiger partial charge in [-0.25, -0.2) is 13.1 Å². The molecule has 134 valence electrons. The number of aromatic hydroxyl groups is 2. The van der Waals surface area contributed by atoms with E-state index in [-0.39, 0.29) is 35.0 Å². The molecule has 2 rings (SSSR count). The maximum absolute atomic E-state index is 12.3. The lowest BCUT2D eigenvalue weighted by atomic mass is 10.2. The number of rotatable bonds is 6. The second-order valence-electron chi connectivity index (χ2n) is 5.66. The van der Waals surface area contributed by atoms with Crippen molar-refractivity contribution in [1.29, 1.82) is 0 Å². The van der Waals surface area contributed by atoms with Gasteiger partial charge >= 0.3 is 0 Å². The molecule has 2 aromatic rings. The van der Waals surface area contributed by atoms with Crippen LogP contribution in [-0.2, 0) is 10.0 Å². The second kappa shape index (κ2) is 7.54. The van der Waals surface area contributed by atoms with Gasteiger partial charge in [-0.1, -0.05) is 12.1 Å². The third-order valence-corrected chi connectivity index (χ3v) is 5.10. The predicted molar refractivity (Wildman–Crippen MR) is 93.2 cm³/mol. The Hall–Kier alpha value is -2.58. The van der Waals surface area contributed by atoms with Crippen molar-refractivity contribution in [3.05, 3.63) is 53.1 Å². The summed E-state index contributed by atoms with van der Waals surface area (Å²) in [6.45, 7) is 3.58. The third-order valence-electron chi connectivity index (χ3n) is 3.50. The fourth-order valence-electron chi connectivity index (χ4n) is 2.26. The summed E-state index contributed by atoms with van der Waals surface area (Å²) in [4.78, 5) is 12.1. The molecule has 7 nitrogen and oxygen atoms in total. The molecule has 25 heavy (non-hydrogen) atoms. The molecule has 0 aromatic heterocycles. The Bertz CT molecular complexity index is 874. The first-order chi connectivity index (χ1) is 11.7. The van der Waals surface area contributed by atoms with Gasteiger partial charge in [-0.15, -0.1) is 0 Å². The number of carbonyl (C=O) groups is 1. The Balaban J connectivity index is 1.94. The lowest BCUT2D eigenvalue weighted by molar-refractivity contribution is 0.0953. The lowest BCUT2D eigenvalue weighted by Crippen LogP contribution is -2.35. The summed E-state index contributed by atoms with van der Waals surface area (Å²) < 4.78 is 27.1. The first kappa shape index (κ1) is 18.8. The molecule has 0 bridgehead atoms. The number of sulfonamides is 1. The Morgan fingerprint density at radius 2 is 1.64 bits per heavy atom. The minimum absolute atomic E-state index is 0.00620. The van der Waals surface area contributed by atoms with Crippen LogP contribution in [-0.4, -0.2) is 37.6 Å². The van der Waals surface area contributed by atoms with Crippen LogP contribution in [0.3, 0.4) is 0 Å². The molecule has 0 spiro atoms. The molecule has 0 atom stereocenters. The van der Waals surface area contributed by atoms with E-state index in [0.717, 1.165) is 11.6 Å². The van der Waals surface area contributed by atoms with Crippen molar-refractivity contribution in [2.24, 2.45) is 0 Å². The lowest BCUT2D eigenvalue weighted by Gasteiger charge is -2.11. The molecule has 1 amide bonds. The van der Waals surface area contributed by atoms with Gasteiger partial charge < -0.3 is 15.5 Å². The normalized spacial score (nSPS) is 11.3. The van der Waals surface area contributed by atoms with Gasteiger partial charge in [0.25, 0.3) is 5.91 Å². The monoisotopic (exact) mass is 364 g/mol. The van der Waals surface area contributed by atoms with Gasteiger partial charge in [0.15, 0.2) is 0 Å². The molecule has 0 radical (unpaired) electrons. The number of phenolic OH excluding ortho intramolecular Hbond substituents is 2. The van der Waals surface area contributed by atoms with Crippen molar-refractivity contribution in [2.45, 2.75) is 18.7 Å². The van der Waals surface area contributed by atoms with E-state index >= 15 is 0 Å². The Morgan fingerprint density at radius 3 is 2.28 bits per heavy atom. The number of hydrogen-bond acceptors (Lipinski definition) is 5. The van der Waals surface area contributed by atoms with Gasteiger partial charge in [0, 0.05) is 24.7 Å². The molecule has 8 heteroatoms. The minimum atomic E-state index is -3.67. The molecule has 0 aliphatic carbocycles. The van der Waals surface area contributed by atoms with Crippen LogP contribution < -0.4 is 10.0 Å². The highest BCUT2D eigenvalue weighted by molar-refractivity contribution is 7.89. The molecule has 4 N–H and O–H groups in total. The van der Waals surface area contributed by atoms with Gasteiger partial charge in [-0.05, 0) is 43.2 Å². The third kappa shape index (κ3) is 4.94. The van der Waals surface area contributed by atoms with Crippen LogP contribution in [0.4, 0.5) is 0 Å². The number of hydrogen-bond donors (Lipinski definition) is 4. The smallest absolute Gasteiger partial charge is 0.251 e. The van der Waals surface area contributed by atoms with Gasteiger partial charge in [0.2, 0.25) is 10.0 Å². The van der Waals surface area contributed by atoms with E-state index in [9.17, 15) is 23.4 Å². The molecular formula is C17H20N2O5S. The summed E-state index contributed by atoms with van der Waals surface area (Å²) in [5.41, 5.74) is 1.55. The zero-order valence-corrected chi connectivity index (χ0v) is 14.7. The SMILES string of the molecule is Cc1ccc(C)c(S(=O)(=O)NCCNC(=O)c2cc(O)cc(O)c2)c1. The van der Waals surface area contributed by atoms with E-state index in [1.165, 1.54) is 12.1 Å². The highest BCUT2D eigenvalue weighted by Gasteiger charge is 2.16. The standard InChI is InChI=1S/C17H20N2O5S/c1-11-3-4-12(2)16(7-11)25(23,24)19-6-5-18-17(22)13-8-14(20)10-15(21)9-13/h3-4,7-10,19-21H,5-6H2,1-2H3,(H,18,22). The van der Waals surface area contributed by atoms with Crippen molar-refractivity contribution < 1.29 is 23.4 Å². The summed E-state index contributed by atoms with van der Waals surface area (Å²) >= 11 is 0. The average molecular weight is 364 g/mol. The zero-order chi connectivity index (χ0) is 18.6. The van der Waals surface area contributed by atoms with E-state index in [1.807, 2.05) is 13.0 Å². The van der Waals surface area contributed by atoms with E-state index in [4.69, 9.17) is 0 Å². The molecule has 0 saturated heterocycles. The Labute approximate surface area is 146 Å². The van der Waals surface area contributed by atoms with Crippen molar-refractivity contribution in [3.8, 4) is 11.5 Å². The molecule has 2 aromatic carbocycles.